The Balaban J connectivity index is 1.91. The summed E-state index contributed by atoms with van der Waals surface area (Å²) in [6.07, 6.45) is 0.0711. The maximum absolute atomic E-state index is 13.8. The molecule has 0 spiro atoms. The largest absolute Gasteiger partial charge is 0.486 e. The van der Waals surface area contributed by atoms with Crippen LogP contribution in [0.4, 0.5) is 15.9 Å². The van der Waals surface area contributed by atoms with Gasteiger partial charge in [0.05, 0.1) is 19.7 Å². The molecule has 1 aliphatic rings. The van der Waals surface area contributed by atoms with E-state index in [1.54, 1.807) is 0 Å². The molecule has 3 rings (SSSR count). The highest BCUT2D eigenvalue weighted by Gasteiger charge is 2.51. The van der Waals surface area contributed by atoms with Gasteiger partial charge in [-0.15, -0.1) is 4.98 Å². The van der Waals surface area contributed by atoms with E-state index in [1.807, 2.05) is 0 Å². The molecule has 1 aromatic carbocycles. The maximum atomic E-state index is 13.8. The number of β-amino-alcohol motifs (C(OH)–C–C–N with tert-alkyl or cyclic N) is 1. The van der Waals surface area contributed by atoms with E-state index in [4.69, 9.17) is 17.9 Å². The lowest BCUT2D eigenvalue weighted by Crippen LogP contribution is -2.48. The highest BCUT2D eigenvalue weighted by Crippen LogP contribution is 2.33. The molecule has 1 aromatic heterocycles. The number of hydrogen-bond acceptors (Lipinski definition) is 6. The van der Waals surface area contributed by atoms with Gasteiger partial charge in [-0.2, -0.15) is 4.31 Å². The van der Waals surface area contributed by atoms with E-state index in [0.29, 0.717) is 0 Å². The lowest BCUT2D eigenvalue weighted by Gasteiger charge is -2.27. The first-order valence-corrected chi connectivity index (χ1v) is 9.68. The Morgan fingerprint density at radius 3 is 2.72 bits per heavy atom. The summed E-state index contributed by atoms with van der Waals surface area (Å²) in [7, 11) is -4.21. The predicted molar refractivity (Wildman–Crippen MR) is 98.4 cm³/mol. The van der Waals surface area contributed by atoms with Crippen molar-refractivity contribution in [1.82, 2.24) is 9.29 Å². The summed E-state index contributed by atoms with van der Waals surface area (Å²) in [6, 6.07) is 6.03. The Morgan fingerprint density at radius 1 is 1.34 bits per heavy atom. The third-order valence-electron chi connectivity index (χ3n) is 4.49. The molecule has 0 amide bonds. The van der Waals surface area contributed by atoms with Gasteiger partial charge in [0.1, 0.15) is 34.4 Å². The van der Waals surface area contributed by atoms with Gasteiger partial charge in [0.15, 0.2) is 0 Å². The standard InChI is InChI=1S/C18H15FN4O5S/c1-20-14-6-5-12(8-13(14)19)28-16-9-23(10-18(16,25)11-24)29(26,27)15-4-3-7-22-17(15)21-2/h3-8,16,24-25H,9-11H2/t16-,18+/m0/s1. The zero-order valence-corrected chi connectivity index (χ0v) is 15.7. The molecule has 1 saturated heterocycles. The Kier molecular flexibility index (Phi) is 5.50. The fourth-order valence-electron chi connectivity index (χ4n) is 2.93. The number of rotatable bonds is 5. The molecule has 1 fully saturated rings. The van der Waals surface area contributed by atoms with Gasteiger partial charge in [-0.05, 0) is 24.3 Å². The number of sulfonamides is 1. The molecule has 1 aliphatic heterocycles. The number of aliphatic hydroxyl groups excluding tert-OH is 1. The molecule has 0 saturated carbocycles. The maximum Gasteiger partial charge on any atom is 0.289 e. The minimum atomic E-state index is -4.21. The number of ether oxygens (including phenoxy) is 1. The van der Waals surface area contributed by atoms with Crippen LogP contribution < -0.4 is 4.74 Å². The Morgan fingerprint density at radius 2 is 2.10 bits per heavy atom. The number of hydrogen-bond donors (Lipinski definition) is 2. The second-order valence-corrected chi connectivity index (χ2v) is 8.23. The zero-order valence-electron chi connectivity index (χ0n) is 14.9. The lowest BCUT2D eigenvalue weighted by molar-refractivity contribution is -0.0641. The quantitative estimate of drug-likeness (QED) is 0.713. The van der Waals surface area contributed by atoms with Crippen molar-refractivity contribution in [1.29, 1.82) is 0 Å². The van der Waals surface area contributed by atoms with E-state index >= 15 is 0 Å². The van der Waals surface area contributed by atoms with E-state index in [9.17, 15) is 23.0 Å². The van der Waals surface area contributed by atoms with Crippen LogP contribution in [0.5, 0.6) is 5.75 Å². The molecule has 0 radical (unpaired) electrons. The average molecular weight is 418 g/mol. The van der Waals surface area contributed by atoms with Gasteiger partial charge in [-0.1, -0.05) is 6.57 Å². The smallest absolute Gasteiger partial charge is 0.289 e. The molecule has 9 nitrogen and oxygen atoms in total. The number of benzene rings is 1. The molecule has 0 bridgehead atoms. The predicted octanol–water partition coefficient (Wildman–Crippen LogP) is 1.50. The van der Waals surface area contributed by atoms with Crippen LogP contribution in [0.3, 0.4) is 0 Å². The first-order chi connectivity index (χ1) is 13.7. The minimum Gasteiger partial charge on any atom is -0.486 e. The number of aliphatic hydroxyl groups is 2. The molecular weight excluding hydrogens is 403 g/mol. The van der Waals surface area contributed by atoms with Crippen molar-refractivity contribution in [3.8, 4) is 5.75 Å². The second kappa shape index (κ2) is 7.73. The van der Waals surface area contributed by atoms with Crippen molar-refractivity contribution < 1.29 is 27.8 Å². The highest BCUT2D eigenvalue weighted by atomic mass is 32.2. The summed E-state index contributed by atoms with van der Waals surface area (Å²) in [4.78, 5) is 9.50. The molecular formula is C18H15FN4O5S. The van der Waals surface area contributed by atoms with Crippen molar-refractivity contribution >= 4 is 21.5 Å². The van der Waals surface area contributed by atoms with Crippen LogP contribution in [0, 0.1) is 19.0 Å². The van der Waals surface area contributed by atoms with Gasteiger partial charge in [-0.3, -0.25) is 0 Å². The molecule has 0 aliphatic carbocycles. The molecule has 0 unspecified atom stereocenters. The molecule has 11 heteroatoms. The zero-order chi connectivity index (χ0) is 21.2. The summed E-state index contributed by atoms with van der Waals surface area (Å²) in [5, 5.41) is 20.3. The summed E-state index contributed by atoms with van der Waals surface area (Å²) in [5.41, 5.74) is -2.17. The molecule has 2 N–H and O–H groups in total. The van der Waals surface area contributed by atoms with Crippen LogP contribution >= 0.6 is 0 Å². The van der Waals surface area contributed by atoms with Gasteiger partial charge < -0.3 is 19.8 Å². The number of pyridine rings is 1. The summed E-state index contributed by atoms with van der Waals surface area (Å²) in [6.45, 7) is 12.3. The monoisotopic (exact) mass is 418 g/mol. The lowest BCUT2D eigenvalue weighted by atomic mass is 10.0. The average Bonchev–Trinajstić information content (AvgIpc) is 3.06. The Bertz CT molecular complexity index is 1130. The van der Waals surface area contributed by atoms with Crippen LogP contribution in [-0.2, 0) is 10.0 Å². The Labute approximate surface area is 166 Å². The normalized spacial score (nSPS) is 22.0. The van der Waals surface area contributed by atoms with Crippen molar-refractivity contribution in [3.05, 3.63) is 65.2 Å². The van der Waals surface area contributed by atoms with E-state index in [-0.39, 0.29) is 28.7 Å². The summed E-state index contributed by atoms with van der Waals surface area (Å²) in [5.74, 6) is -1.18. The minimum absolute atomic E-state index is 0.0331. The third-order valence-corrected chi connectivity index (χ3v) is 6.32. The second-order valence-electron chi connectivity index (χ2n) is 6.33. The summed E-state index contributed by atoms with van der Waals surface area (Å²) >= 11 is 0. The van der Waals surface area contributed by atoms with E-state index in [2.05, 4.69) is 14.7 Å². The number of aromatic nitrogens is 1. The fourth-order valence-corrected chi connectivity index (χ4v) is 4.51. The van der Waals surface area contributed by atoms with Crippen LogP contribution in [0.15, 0.2) is 41.4 Å². The van der Waals surface area contributed by atoms with Crippen molar-refractivity contribution in [2.75, 3.05) is 19.7 Å². The molecule has 2 heterocycles. The fraction of sp³-hybridized carbons (Fsp3) is 0.278. The van der Waals surface area contributed by atoms with Gasteiger partial charge in [-0.25, -0.2) is 17.7 Å². The number of nitrogens with zero attached hydrogens (tertiary/aromatic N) is 4. The van der Waals surface area contributed by atoms with E-state index < -0.39 is 40.7 Å². The van der Waals surface area contributed by atoms with E-state index in [0.717, 1.165) is 10.4 Å². The highest BCUT2D eigenvalue weighted by molar-refractivity contribution is 7.89. The van der Waals surface area contributed by atoms with Crippen LogP contribution in [0.2, 0.25) is 0 Å². The first-order valence-electron chi connectivity index (χ1n) is 8.24. The van der Waals surface area contributed by atoms with Crippen molar-refractivity contribution in [2.24, 2.45) is 0 Å². The van der Waals surface area contributed by atoms with Gasteiger partial charge in [0, 0.05) is 12.6 Å². The molecule has 2 atom stereocenters. The summed E-state index contributed by atoms with van der Waals surface area (Å²) < 4.78 is 46.2. The molecule has 29 heavy (non-hydrogen) atoms. The Hall–Kier alpha value is -3.09. The first kappa shape index (κ1) is 20.6. The van der Waals surface area contributed by atoms with Crippen molar-refractivity contribution in [2.45, 2.75) is 16.6 Å². The molecule has 2 aromatic rings. The van der Waals surface area contributed by atoms with Gasteiger partial charge in [0.2, 0.25) is 15.7 Å². The topological polar surface area (TPSA) is 109 Å². The van der Waals surface area contributed by atoms with Gasteiger partial charge >= 0.3 is 0 Å². The van der Waals surface area contributed by atoms with Crippen LogP contribution in [0.25, 0.3) is 9.69 Å². The molecule has 150 valence electrons. The number of halogens is 1. The van der Waals surface area contributed by atoms with E-state index in [1.165, 1.54) is 30.5 Å². The van der Waals surface area contributed by atoms with Crippen molar-refractivity contribution in [3.63, 3.8) is 0 Å². The van der Waals surface area contributed by atoms with Crippen LogP contribution in [0.1, 0.15) is 0 Å². The van der Waals surface area contributed by atoms with Crippen LogP contribution in [-0.4, -0.2) is 59.3 Å². The van der Waals surface area contributed by atoms with Gasteiger partial charge in [0.25, 0.3) is 5.82 Å². The third kappa shape index (κ3) is 3.77. The SMILES string of the molecule is [C-]#[N+]c1ccc(O[C@H]2CN(S(=O)(=O)c3cccnc3[N+]#[C-])C[C@@]2(O)CO)cc1F.